The van der Waals surface area contributed by atoms with E-state index < -0.39 is 8.80 Å². The van der Waals surface area contributed by atoms with Crippen molar-refractivity contribution in [2.75, 3.05) is 0 Å². The number of benzene rings is 3. The average Bonchev–Trinajstić information content (AvgIpc) is 2.80. The zero-order valence-electron chi connectivity index (χ0n) is 17.2. The van der Waals surface area contributed by atoms with Gasteiger partial charge in [-0.05, 0) is 68.5 Å². The molecule has 4 rings (SSSR count). The van der Waals surface area contributed by atoms with Crippen molar-refractivity contribution in [2.45, 2.75) is 38.1 Å². The minimum atomic E-state index is -3.14. The van der Waals surface area contributed by atoms with E-state index >= 15 is 0 Å². The first-order chi connectivity index (χ1) is 14.8. The highest BCUT2D eigenvalue weighted by Gasteiger charge is 2.49. The maximum absolute atomic E-state index is 6.57. The molecular formula is C26H28O3Si. The summed E-state index contributed by atoms with van der Waals surface area (Å²) < 4.78 is 19.7. The third-order valence-electron chi connectivity index (χ3n) is 5.19. The largest absolute Gasteiger partial charge is 0.699 e. The van der Waals surface area contributed by atoms with Gasteiger partial charge in [-0.2, -0.15) is 0 Å². The van der Waals surface area contributed by atoms with Gasteiger partial charge < -0.3 is 13.3 Å². The van der Waals surface area contributed by atoms with Gasteiger partial charge in [0, 0.05) is 0 Å². The number of hydrogen-bond donors (Lipinski definition) is 0. The Morgan fingerprint density at radius 2 is 1.07 bits per heavy atom. The highest BCUT2D eigenvalue weighted by Crippen LogP contribution is 2.30. The van der Waals surface area contributed by atoms with Crippen molar-refractivity contribution < 1.29 is 13.3 Å². The van der Waals surface area contributed by atoms with Gasteiger partial charge in [-0.3, -0.25) is 0 Å². The van der Waals surface area contributed by atoms with Crippen molar-refractivity contribution in [1.82, 2.24) is 0 Å². The fraction of sp³-hybridized carbons (Fsp3) is 0.231. The molecule has 0 saturated heterocycles. The highest BCUT2D eigenvalue weighted by molar-refractivity contribution is 6.63. The highest BCUT2D eigenvalue weighted by atomic mass is 28.4. The minimum Gasteiger partial charge on any atom is -0.483 e. The molecule has 0 atom stereocenters. The molecule has 0 aromatic heterocycles. The molecule has 0 heterocycles. The van der Waals surface area contributed by atoms with Gasteiger partial charge in [0.2, 0.25) is 0 Å². The first kappa shape index (κ1) is 20.3. The molecule has 0 amide bonds. The second kappa shape index (κ2) is 10.2. The number of hydrogen-bond acceptors (Lipinski definition) is 3. The molecule has 3 aromatic carbocycles. The monoisotopic (exact) mass is 416 g/mol. The van der Waals surface area contributed by atoms with E-state index in [0.29, 0.717) is 0 Å². The summed E-state index contributed by atoms with van der Waals surface area (Å²) in [6.07, 6.45) is 8.19. The first-order valence-electron chi connectivity index (χ1n) is 10.7. The summed E-state index contributed by atoms with van der Waals surface area (Å²) in [4.78, 5) is 0. The van der Waals surface area contributed by atoms with Crippen LogP contribution in [0.2, 0.25) is 6.04 Å². The SMILES string of the molecule is C1=C(CC[Si](Oc2ccccc2)(Oc2ccccc2)Oc2ccccc2)CCCC1. The van der Waals surface area contributed by atoms with E-state index in [1.807, 2.05) is 91.0 Å². The van der Waals surface area contributed by atoms with Crippen molar-refractivity contribution >= 4 is 8.80 Å². The van der Waals surface area contributed by atoms with Crippen LogP contribution in [-0.2, 0) is 0 Å². The molecular weight excluding hydrogens is 388 g/mol. The van der Waals surface area contributed by atoms with Crippen LogP contribution >= 0.6 is 0 Å². The lowest BCUT2D eigenvalue weighted by atomic mass is 9.98. The molecule has 0 radical (unpaired) electrons. The number of allylic oxidation sites excluding steroid dienone is 2. The van der Waals surface area contributed by atoms with Gasteiger partial charge in [-0.15, -0.1) is 0 Å². The lowest BCUT2D eigenvalue weighted by Gasteiger charge is -2.31. The van der Waals surface area contributed by atoms with Gasteiger partial charge in [0.05, 0.1) is 6.04 Å². The molecule has 0 bridgehead atoms. The predicted octanol–water partition coefficient (Wildman–Crippen LogP) is 7.05. The summed E-state index contributed by atoms with van der Waals surface area (Å²) in [5.74, 6) is 2.32. The van der Waals surface area contributed by atoms with E-state index in [2.05, 4.69) is 6.08 Å². The number of para-hydroxylation sites is 3. The zero-order chi connectivity index (χ0) is 20.5. The van der Waals surface area contributed by atoms with Crippen molar-refractivity contribution in [2.24, 2.45) is 0 Å². The average molecular weight is 417 g/mol. The Balaban J connectivity index is 1.66. The maximum Gasteiger partial charge on any atom is 0.699 e. The van der Waals surface area contributed by atoms with Crippen LogP contribution in [0.25, 0.3) is 0 Å². The smallest absolute Gasteiger partial charge is 0.483 e. The molecule has 30 heavy (non-hydrogen) atoms. The molecule has 0 fully saturated rings. The van der Waals surface area contributed by atoms with Crippen LogP contribution in [0.4, 0.5) is 0 Å². The minimum absolute atomic E-state index is 0.720. The molecule has 3 aromatic rings. The Bertz CT molecular complexity index is 825. The fourth-order valence-electron chi connectivity index (χ4n) is 3.67. The molecule has 1 aliphatic rings. The van der Waals surface area contributed by atoms with Gasteiger partial charge in [0.15, 0.2) is 0 Å². The summed E-state index contributed by atoms with van der Waals surface area (Å²) in [5, 5.41) is 0. The Kier molecular flexibility index (Phi) is 6.88. The number of rotatable bonds is 9. The topological polar surface area (TPSA) is 27.7 Å². The van der Waals surface area contributed by atoms with Crippen molar-refractivity contribution in [3.05, 3.63) is 103 Å². The Morgan fingerprint density at radius 1 is 0.600 bits per heavy atom. The van der Waals surface area contributed by atoms with Crippen LogP contribution < -0.4 is 13.3 Å². The Hall–Kier alpha value is -2.98. The summed E-state index contributed by atoms with van der Waals surface area (Å²) in [6, 6.07) is 30.3. The molecule has 154 valence electrons. The Morgan fingerprint density at radius 3 is 1.47 bits per heavy atom. The van der Waals surface area contributed by atoms with E-state index in [9.17, 15) is 0 Å². The lowest BCUT2D eigenvalue weighted by Crippen LogP contribution is -2.54. The van der Waals surface area contributed by atoms with E-state index in [4.69, 9.17) is 13.3 Å². The normalized spacial score (nSPS) is 13.9. The van der Waals surface area contributed by atoms with Crippen LogP contribution in [0.15, 0.2) is 103 Å². The third-order valence-corrected chi connectivity index (χ3v) is 7.69. The third kappa shape index (κ3) is 5.77. The quantitative estimate of drug-likeness (QED) is 0.276. The fourth-order valence-corrected chi connectivity index (χ4v) is 6.21. The van der Waals surface area contributed by atoms with Crippen LogP contribution in [0.3, 0.4) is 0 Å². The van der Waals surface area contributed by atoms with Crippen molar-refractivity contribution in [3.63, 3.8) is 0 Å². The summed E-state index contributed by atoms with van der Waals surface area (Å²) in [5.41, 5.74) is 1.49. The van der Waals surface area contributed by atoms with Gasteiger partial charge in [0.25, 0.3) is 0 Å². The summed E-state index contributed by atoms with van der Waals surface area (Å²) >= 11 is 0. The molecule has 0 N–H and O–H groups in total. The van der Waals surface area contributed by atoms with Gasteiger partial charge in [0.1, 0.15) is 17.2 Å². The summed E-state index contributed by atoms with van der Waals surface area (Å²) in [7, 11) is -3.14. The predicted molar refractivity (Wildman–Crippen MR) is 123 cm³/mol. The van der Waals surface area contributed by atoms with E-state index in [-0.39, 0.29) is 0 Å². The molecule has 0 unspecified atom stereocenters. The Labute approximate surface area is 180 Å². The molecule has 0 spiro atoms. The second-order valence-electron chi connectivity index (χ2n) is 7.54. The van der Waals surface area contributed by atoms with Crippen molar-refractivity contribution in [1.29, 1.82) is 0 Å². The molecule has 1 aliphatic carbocycles. The van der Waals surface area contributed by atoms with Crippen LogP contribution in [-0.4, -0.2) is 8.80 Å². The zero-order valence-corrected chi connectivity index (χ0v) is 18.2. The second-order valence-corrected chi connectivity index (χ2v) is 10.0. The molecule has 4 heteroatoms. The van der Waals surface area contributed by atoms with E-state index in [1.54, 1.807) is 0 Å². The molecule has 3 nitrogen and oxygen atoms in total. The molecule has 0 aliphatic heterocycles. The van der Waals surface area contributed by atoms with Crippen LogP contribution in [0, 0.1) is 0 Å². The standard InChI is InChI=1S/C26H28O3Si/c1-5-13-23(14-6-1)21-22-30(27-24-15-7-2-8-16-24,28-25-17-9-3-10-18-25)29-26-19-11-4-12-20-26/h2-4,7-13,15-20H,1,5-6,14,21-22H2. The van der Waals surface area contributed by atoms with E-state index in [1.165, 1.54) is 24.8 Å². The van der Waals surface area contributed by atoms with E-state index in [0.717, 1.165) is 36.1 Å². The molecule has 0 saturated carbocycles. The first-order valence-corrected chi connectivity index (χ1v) is 12.6. The lowest BCUT2D eigenvalue weighted by molar-refractivity contribution is 0.260. The van der Waals surface area contributed by atoms with Crippen LogP contribution in [0.5, 0.6) is 17.2 Å². The maximum atomic E-state index is 6.57. The summed E-state index contributed by atoms with van der Waals surface area (Å²) in [6.45, 7) is 0. The van der Waals surface area contributed by atoms with Crippen molar-refractivity contribution in [3.8, 4) is 17.2 Å². The van der Waals surface area contributed by atoms with Gasteiger partial charge >= 0.3 is 8.80 Å². The van der Waals surface area contributed by atoms with Gasteiger partial charge in [-0.25, -0.2) is 0 Å². The van der Waals surface area contributed by atoms with Gasteiger partial charge in [-0.1, -0.05) is 66.2 Å². The van der Waals surface area contributed by atoms with Crippen LogP contribution in [0.1, 0.15) is 32.1 Å².